The molecule has 0 spiro atoms. The van der Waals surface area contributed by atoms with Gasteiger partial charge in [0, 0.05) is 17.8 Å². The molecule has 0 saturated carbocycles. The van der Waals surface area contributed by atoms with Gasteiger partial charge < -0.3 is 20.7 Å². The van der Waals surface area contributed by atoms with Crippen molar-refractivity contribution in [2.75, 3.05) is 24.7 Å². The van der Waals surface area contributed by atoms with Gasteiger partial charge >= 0.3 is 0 Å². The first kappa shape index (κ1) is 20.6. The van der Waals surface area contributed by atoms with E-state index in [1.165, 1.54) is 0 Å². The number of aryl methyl sites for hydroxylation is 1. The van der Waals surface area contributed by atoms with E-state index in [0.29, 0.717) is 35.7 Å². The van der Waals surface area contributed by atoms with Gasteiger partial charge in [-0.25, -0.2) is 0 Å². The van der Waals surface area contributed by atoms with E-state index < -0.39 is 6.04 Å². The molecule has 0 aromatic heterocycles. The molecule has 1 aliphatic rings. The number of methoxy groups -OCH3 is 1. The Morgan fingerprint density at radius 2 is 2.00 bits per heavy atom. The maximum atomic E-state index is 12.8. The third kappa shape index (κ3) is 4.52. The highest BCUT2D eigenvalue weighted by molar-refractivity contribution is 6.02. The molecular weight excluding hydrogens is 366 g/mol. The zero-order valence-electron chi connectivity index (χ0n) is 15.4. The predicted molar refractivity (Wildman–Crippen MR) is 109 cm³/mol. The number of nitrogens with zero attached hydrogens (tertiary/aromatic N) is 1. The van der Waals surface area contributed by atoms with Crippen molar-refractivity contribution in [1.29, 1.82) is 0 Å². The van der Waals surface area contributed by atoms with Gasteiger partial charge in [-0.3, -0.25) is 9.59 Å². The van der Waals surface area contributed by atoms with E-state index in [9.17, 15) is 9.59 Å². The maximum absolute atomic E-state index is 12.8. The van der Waals surface area contributed by atoms with Gasteiger partial charge in [-0.05, 0) is 55.7 Å². The standard InChI is InChI=1S/C20H23N3O3.ClH/c1-13-8-9-18(26-2)16(11-13)22-19(24)17-7-4-10-23(17)20(25)14-5-3-6-15(21)12-14;/h3,5-6,8-9,11-12,17H,4,7,10,21H2,1-2H3,(H,22,24);1H. The number of hydrogen-bond acceptors (Lipinski definition) is 4. The van der Waals surface area contributed by atoms with Crippen LogP contribution in [-0.2, 0) is 4.79 Å². The Morgan fingerprint density at radius 3 is 2.70 bits per heavy atom. The Bertz CT molecular complexity index is 841. The molecule has 3 N–H and O–H groups in total. The highest BCUT2D eigenvalue weighted by atomic mass is 35.5. The van der Waals surface area contributed by atoms with E-state index in [0.717, 1.165) is 12.0 Å². The van der Waals surface area contributed by atoms with E-state index in [1.807, 2.05) is 25.1 Å². The summed E-state index contributed by atoms with van der Waals surface area (Å²) >= 11 is 0. The van der Waals surface area contributed by atoms with Crippen LogP contribution in [0, 0.1) is 6.92 Å². The van der Waals surface area contributed by atoms with Gasteiger partial charge in [0.1, 0.15) is 11.8 Å². The van der Waals surface area contributed by atoms with Crippen LogP contribution in [0.3, 0.4) is 0 Å². The number of halogens is 1. The average molecular weight is 390 g/mol. The zero-order valence-corrected chi connectivity index (χ0v) is 16.2. The Morgan fingerprint density at radius 1 is 1.22 bits per heavy atom. The van der Waals surface area contributed by atoms with Crippen LogP contribution < -0.4 is 15.8 Å². The second-order valence-corrected chi connectivity index (χ2v) is 6.48. The third-order valence-corrected chi connectivity index (χ3v) is 4.56. The van der Waals surface area contributed by atoms with Gasteiger partial charge in [0.05, 0.1) is 12.8 Å². The molecular formula is C20H24ClN3O3. The van der Waals surface area contributed by atoms with Crippen molar-refractivity contribution in [3.63, 3.8) is 0 Å². The lowest BCUT2D eigenvalue weighted by molar-refractivity contribution is -0.119. The number of amides is 2. The van der Waals surface area contributed by atoms with Gasteiger partial charge in [-0.1, -0.05) is 12.1 Å². The molecule has 2 aromatic rings. The summed E-state index contributed by atoms with van der Waals surface area (Å²) in [5.74, 6) is 0.213. The summed E-state index contributed by atoms with van der Waals surface area (Å²) in [7, 11) is 1.56. The first-order valence-electron chi connectivity index (χ1n) is 8.61. The van der Waals surface area contributed by atoms with E-state index in [4.69, 9.17) is 10.5 Å². The van der Waals surface area contributed by atoms with E-state index in [1.54, 1.807) is 36.3 Å². The van der Waals surface area contributed by atoms with Crippen molar-refractivity contribution < 1.29 is 14.3 Å². The fraction of sp³-hybridized carbons (Fsp3) is 0.300. The molecule has 2 aromatic carbocycles. The Hall–Kier alpha value is -2.73. The second kappa shape index (κ2) is 8.77. The molecule has 1 aliphatic heterocycles. The Kier molecular flexibility index (Phi) is 6.69. The van der Waals surface area contributed by atoms with Crippen molar-refractivity contribution in [3.05, 3.63) is 53.6 Å². The molecule has 1 saturated heterocycles. The molecule has 3 rings (SSSR count). The molecule has 1 fully saturated rings. The van der Waals surface area contributed by atoms with Crippen LogP contribution in [0.15, 0.2) is 42.5 Å². The van der Waals surface area contributed by atoms with Crippen LogP contribution in [0.2, 0.25) is 0 Å². The molecule has 0 bridgehead atoms. The number of anilines is 2. The molecule has 1 unspecified atom stereocenters. The molecule has 27 heavy (non-hydrogen) atoms. The molecule has 144 valence electrons. The van der Waals surface area contributed by atoms with E-state index in [2.05, 4.69) is 5.32 Å². The fourth-order valence-corrected chi connectivity index (χ4v) is 3.26. The predicted octanol–water partition coefficient (Wildman–Crippen LogP) is 3.25. The number of nitrogen functional groups attached to an aromatic ring is 1. The van der Waals surface area contributed by atoms with Crippen LogP contribution in [0.1, 0.15) is 28.8 Å². The number of likely N-dealkylation sites (tertiary alicyclic amines) is 1. The SMILES string of the molecule is COc1ccc(C)cc1NC(=O)C1CCCN1C(=O)c1cccc(N)c1.Cl. The maximum Gasteiger partial charge on any atom is 0.254 e. The number of benzene rings is 2. The average Bonchev–Trinajstić information content (AvgIpc) is 3.11. The zero-order chi connectivity index (χ0) is 18.7. The lowest BCUT2D eigenvalue weighted by atomic mass is 10.1. The van der Waals surface area contributed by atoms with Crippen molar-refractivity contribution in [3.8, 4) is 5.75 Å². The number of rotatable bonds is 4. The van der Waals surface area contributed by atoms with Crippen LogP contribution in [0.4, 0.5) is 11.4 Å². The molecule has 0 aliphatic carbocycles. The van der Waals surface area contributed by atoms with Crippen LogP contribution in [-0.4, -0.2) is 36.4 Å². The minimum absolute atomic E-state index is 0. The van der Waals surface area contributed by atoms with Gasteiger partial charge in [0.15, 0.2) is 0 Å². The molecule has 2 amide bonds. The van der Waals surface area contributed by atoms with Crippen molar-refractivity contribution in [2.24, 2.45) is 0 Å². The Labute approximate surface area is 165 Å². The van der Waals surface area contributed by atoms with Gasteiger partial charge in [0.2, 0.25) is 5.91 Å². The van der Waals surface area contributed by atoms with Gasteiger partial charge in [0.25, 0.3) is 5.91 Å². The lowest BCUT2D eigenvalue weighted by Crippen LogP contribution is -2.43. The third-order valence-electron chi connectivity index (χ3n) is 4.56. The summed E-state index contributed by atoms with van der Waals surface area (Å²) in [5.41, 5.74) is 8.43. The van der Waals surface area contributed by atoms with Crippen LogP contribution in [0.5, 0.6) is 5.75 Å². The Balaban J connectivity index is 0.00000261. The lowest BCUT2D eigenvalue weighted by Gasteiger charge is -2.24. The second-order valence-electron chi connectivity index (χ2n) is 6.48. The van der Waals surface area contributed by atoms with Crippen molar-refractivity contribution >= 4 is 35.6 Å². The largest absolute Gasteiger partial charge is 0.495 e. The molecule has 6 nitrogen and oxygen atoms in total. The van der Waals surface area contributed by atoms with Gasteiger partial charge in [-0.15, -0.1) is 12.4 Å². The number of hydrogen-bond donors (Lipinski definition) is 2. The number of ether oxygens (including phenoxy) is 1. The van der Waals surface area contributed by atoms with Crippen molar-refractivity contribution in [2.45, 2.75) is 25.8 Å². The highest BCUT2D eigenvalue weighted by Gasteiger charge is 2.34. The smallest absolute Gasteiger partial charge is 0.254 e. The summed E-state index contributed by atoms with van der Waals surface area (Å²) in [4.78, 5) is 27.2. The molecule has 1 heterocycles. The summed E-state index contributed by atoms with van der Waals surface area (Å²) in [6.07, 6.45) is 1.42. The summed E-state index contributed by atoms with van der Waals surface area (Å²) in [6, 6.07) is 11.9. The summed E-state index contributed by atoms with van der Waals surface area (Å²) < 4.78 is 5.31. The quantitative estimate of drug-likeness (QED) is 0.786. The van der Waals surface area contributed by atoms with E-state index in [-0.39, 0.29) is 24.2 Å². The fourth-order valence-electron chi connectivity index (χ4n) is 3.26. The van der Waals surface area contributed by atoms with Crippen LogP contribution >= 0.6 is 12.4 Å². The van der Waals surface area contributed by atoms with Crippen molar-refractivity contribution in [1.82, 2.24) is 4.90 Å². The topological polar surface area (TPSA) is 84.7 Å². The summed E-state index contributed by atoms with van der Waals surface area (Å²) in [6.45, 7) is 2.50. The normalized spacial score (nSPS) is 15.8. The van der Waals surface area contributed by atoms with Gasteiger partial charge in [-0.2, -0.15) is 0 Å². The minimum atomic E-state index is -0.505. The minimum Gasteiger partial charge on any atom is -0.495 e. The highest BCUT2D eigenvalue weighted by Crippen LogP contribution is 2.27. The number of carbonyl (C=O) groups is 2. The van der Waals surface area contributed by atoms with Crippen LogP contribution in [0.25, 0.3) is 0 Å². The number of carbonyl (C=O) groups excluding carboxylic acids is 2. The monoisotopic (exact) mass is 389 g/mol. The first-order chi connectivity index (χ1) is 12.5. The summed E-state index contributed by atoms with van der Waals surface area (Å²) in [5, 5.41) is 2.91. The molecule has 1 atom stereocenters. The number of nitrogens with one attached hydrogen (secondary N) is 1. The number of nitrogens with two attached hydrogens (primary N) is 1. The van der Waals surface area contributed by atoms with E-state index >= 15 is 0 Å². The first-order valence-corrected chi connectivity index (χ1v) is 8.61. The molecule has 0 radical (unpaired) electrons. The molecule has 7 heteroatoms.